The van der Waals surface area contributed by atoms with Crippen LogP contribution in [-0.4, -0.2) is 21.2 Å². The van der Waals surface area contributed by atoms with Gasteiger partial charge in [0.25, 0.3) is 0 Å². The molecule has 1 aliphatic heterocycles. The van der Waals surface area contributed by atoms with Crippen LogP contribution in [0.15, 0.2) is 15.4 Å². The molecule has 5 nitrogen and oxygen atoms in total. The van der Waals surface area contributed by atoms with Crippen molar-refractivity contribution in [2.24, 2.45) is 5.92 Å². The summed E-state index contributed by atoms with van der Waals surface area (Å²) >= 11 is 1.54. The maximum Gasteiger partial charge on any atom is 0.244 e. The first kappa shape index (κ1) is 11.5. The van der Waals surface area contributed by atoms with Crippen LogP contribution in [0.2, 0.25) is 0 Å². The van der Waals surface area contributed by atoms with E-state index in [1.165, 1.54) is 25.7 Å². The van der Waals surface area contributed by atoms with Gasteiger partial charge in [0.1, 0.15) is 5.69 Å². The Bertz CT molecular complexity index is 539. The van der Waals surface area contributed by atoms with Gasteiger partial charge in [-0.2, -0.15) is 4.98 Å². The molecule has 2 aromatic rings. The van der Waals surface area contributed by atoms with Gasteiger partial charge in [-0.3, -0.25) is 0 Å². The van der Waals surface area contributed by atoms with E-state index in [9.17, 15) is 0 Å². The number of aromatic nitrogens is 3. The molecule has 3 heterocycles. The zero-order valence-corrected chi connectivity index (χ0v) is 11.4. The molecule has 100 valence electrons. The van der Waals surface area contributed by atoms with Crippen LogP contribution in [0.3, 0.4) is 0 Å². The van der Waals surface area contributed by atoms with Crippen molar-refractivity contribution in [1.82, 2.24) is 20.4 Å². The highest BCUT2D eigenvalue weighted by Crippen LogP contribution is 2.38. The summed E-state index contributed by atoms with van der Waals surface area (Å²) in [6.45, 7) is 0. The molecule has 0 aromatic carbocycles. The van der Waals surface area contributed by atoms with Crippen LogP contribution in [0, 0.1) is 5.92 Å². The summed E-state index contributed by atoms with van der Waals surface area (Å²) in [6.07, 6.45) is 6.46. The van der Waals surface area contributed by atoms with Crippen LogP contribution >= 0.6 is 11.3 Å². The van der Waals surface area contributed by atoms with Gasteiger partial charge >= 0.3 is 0 Å². The summed E-state index contributed by atoms with van der Waals surface area (Å²) in [5.74, 6) is 2.11. The minimum atomic E-state index is 0.230. The fraction of sp³-hybridized carbons (Fsp3) is 0.615. The summed E-state index contributed by atoms with van der Waals surface area (Å²) in [6, 6.07) is 0.876. The molecule has 6 heteroatoms. The van der Waals surface area contributed by atoms with Gasteiger partial charge in [0.15, 0.2) is 0 Å². The molecular formula is C13H16N4OS. The van der Waals surface area contributed by atoms with Gasteiger partial charge in [0, 0.05) is 11.4 Å². The van der Waals surface area contributed by atoms with E-state index in [2.05, 4.69) is 20.4 Å². The zero-order chi connectivity index (χ0) is 12.7. The van der Waals surface area contributed by atoms with Crippen molar-refractivity contribution >= 4 is 11.3 Å². The lowest BCUT2D eigenvalue weighted by molar-refractivity contribution is 0.324. The molecule has 2 fully saturated rings. The number of nitrogens with one attached hydrogen (secondary N) is 1. The van der Waals surface area contributed by atoms with E-state index in [1.807, 2.05) is 5.38 Å². The predicted octanol–water partition coefficient (Wildman–Crippen LogP) is 2.79. The van der Waals surface area contributed by atoms with Gasteiger partial charge in [0.2, 0.25) is 11.7 Å². The third-order valence-corrected chi connectivity index (χ3v) is 4.85. The van der Waals surface area contributed by atoms with E-state index in [0.29, 0.717) is 11.9 Å². The standard InChI is InChI=1S/C13H16N4OS/c1-2-4-9-8(3-1)5-10(15-9)13-16-12(17-18-13)11-6-19-7-14-11/h6-10,15H,1-5H2. The smallest absolute Gasteiger partial charge is 0.244 e. The SMILES string of the molecule is c1nc(-c2noc(C3CC4CCCCC4N3)n2)cs1. The number of fused-ring (bicyclic) bond motifs is 1. The van der Waals surface area contributed by atoms with Crippen molar-refractivity contribution in [3.8, 4) is 11.5 Å². The van der Waals surface area contributed by atoms with Crippen LogP contribution in [0.25, 0.3) is 11.5 Å². The Hall–Kier alpha value is -1.27. The van der Waals surface area contributed by atoms with Crippen LogP contribution in [0.5, 0.6) is 0 Å². The van der Waals surface area contributed by atoms with Gasteiger partial charge in [-0.25, -0.2) is 4.98 Å². The van der Waals surface area contributed by atoms with Gasteiger partial charge in [-0.1, -0.05) is 18.0 Å². The fourth-order valence-electron chi connectivity index (χ4n) is 3.31. The first-order valence-corrected chi connectivity index (χ1v) is 7.82. The first-order valence-electron chi connectivity index (χ1n) is 6.88. The third-order valence-electron chi connectivity index (χ3n) is 4.26. The van der Waals surface area contributed by atoms with E-state index >= 15 is 0 Å². The quantitative estimate of drug-likeness (QED) is 0.913. The Morgan fingerprint density at radius 2 is 2.26 bits per heavy atom. The second-order valence-corrected chi connectivity index (χ2v) is 6.15. The van der Waals surface area contributed by atoms with Crippen LogP contribution < -0.4 is 5.32 Å². The topological polar surface area (TPSA) is 63.8 Å². The Morgan fingerprint density at radius 1 is 1.32 bits per heavy atom. The van der Waals surface area contributed by atoms with Crippen molar-refractivity contribution in [2.45, 2.75) is 44.2 Å². The molecule has 1 N–H and O–H groups in total. The van der Waals surface area contributed by atoms with Crippen molar-refractivity contribution in [3.63, 3.8) is 0 Å². The normalized spacial score (nSPS) is 30.4. The molecule has 3 unspecified atom stereocenters. The lowest BCUT2D eigenvalue weighted by atomic mass is 9.85. The highest BCUT2D eigenvalue weighted by Gasteiger charge is 2.38. The van der Waals surface area contributed by atoms with Crippen LogP contribution in [0.1, 0.15) is 44.0 Å². The van der Waals surface area contributed by atoms with E-state index < -0.39 is 0 Å². The summed E-state index contributed by atoms with van der Waals surface area (Å²) in [4.78, 5) is 8.71. The lowest BCUT2D eigenvalue weighted by Gasteiger charge is -2.24. The molecule has 1 saturated heterocycles. The molecule has 2 aliphatic rings. The molecular weight excluding hydrogens is 260 g/mol. The summed E-state index contributed by atoms with van der Waals surface area (Å²) in [7, 11) is 0. The monoisotopic (exact) mass is 276 g/mol. The van der Waals surface area contributed by atoms with Gasteiger partial charge < -0.3 is 9.84 Å². The second-order valence-electron chi connectivity index (χ2n) is 5.44. The summed E-state index contributed by atoms with van der Waals surface area (Å²) < 4.78 is 5.42. The van der Waals surface area contributed by atoms with Crippen molar-refractivity contribution < 1.29 is 4.52 Å². The van der Waals surface area contributed by atoms with Gasteiger partial charge in [-0.15, -0.1) is 11.3 Å². The highest BCUT2D eigenvalue weighted by molar-refractivity contribution is 7.07. The Labute approximate surface area is 115 Å². The molecule has 1 aliphatic carbocycles. The van der Waals surface area contributed by atoms with Crippen LogP contribution in [0.4, 0.5) is 0 Å². The molecule has 0 amide bonds. The molecule has 0 radical (unpaired) electrons. The van der Waals surface area contributed by atoms with Gasteiger partial charge in [0.05, 0.1) is 11.6 Å². The first-order chi connectivity index (χ1) is 9.40. The summed E-state index contributed by atoms with van der Waals surface area (Å²) in [5, 5.41) is 9.63. The highest BCUT2D eigenvalue weighted by atomic mass is 32.1. The molecule has 4 rings (SSSR count). The van der Waals surface area contributed by atoms with Crippen molar-refractivity contribution in [2.75, 3.05) is 0 Å². The molecule has 2 aromatic heterocycles. The lowest BCUT2D eigenvalue weighted by Crippen LogP contribution is -2.30. The number of hydrogen-bond acceptors (Lipinski definition) is 6. The van der Waals surface area contributed by atoms with Gasteiger partial charge in [-0.05, 0) is 25.2 Å². The second kappa shape index (κ2) is 4.68. The molecule has 3 atom stereocenters. The number of hydrogen-bond donors (Lipinski definition) is 1. The summed E-state index contributed by atoms with van der Waals surface area (Å²) in [5.41, 5.74) is 2.59. The van der Waals surface area contributed by atoms with E-state index in [-0.39, 0.29) is 6.04 Å². The maximum atomic E-state index is 5.42. The number of rotatable bonds is 2. The Kier molecular flexibility index (Phi) is 2.85. The van der Waals surface area contributed by atoms with Crippen molar-refractivity contribution in [1.29, 1.82) is 0 Å². The maximum absolute atomic E-state index is 5.42. The van der Waals surface area contributed by atoms with E-state index in [0.717, 1.165) is 23.9 Å². The van der Waals surface area contributed by atoms with Crippen LogP contribution in [-0.2, 0) is 0 Å². The fourth-order valence-corrected chi connectivity index (χ4v) is 3.84. The molecule has 0 bridgehead atoms. The number of nitrogens with zero attached hydrogens (tertiary/aromatic N) is 3. The average molecular weight is 276 g/mol. The number of thiazole rings is 1. The van der Waals surface area contributed by atoms with Crippen molar-refractivity contribution in [3.05, 3.63) is 16.8 Å². The minimum Gasteiger partial charge on any atom is -0.337 e. The largest absolute Gasteiger partial charge is 0.337 e. The zero-order valence-electron chi connectivity index (χ0n) is 10.6. The Balaban J connectivity index is 1.54. The molecule has 19 heavy (non-hydrogen) atoms. The Morgan fingerprint density at radius 3 is 3.11 bits per heavy atom. The predicted molar refractivity (Wildman–Crippen MR) is 71.6 cm³/mol. The van der Waals surface area contributed by atoms with E-state index in [1.54, 1.807) is 16.8 Å². The minimum absolute atomic E-state index is 0.230. The van der Waals surface area contributed by atoms with E-state index in [4.69, 9.17) is 4.52 Å². The average Bonchev–Trinajstić information content (AvgIpc) is 3.17. The third kappa shape index (κ3) is 2.08. The molecule has 1 saturated carbocycles. The molecule has 0 spiro atoms.